The van der Waals surface area contributed by atoms with E-state index in [1.54, 1.807) is 7.11 Å². The highest BCUT2D eigenvalue weighted by atomic mass is 32.2. The van der Waals surface area contributed by atoms with Gasteiger partial charge in [-0.1, -0.05) is 12.1 Å². The number of carbonyl (C=O) groups excluding carboxylic acids is 1. The van der Waals surface area contributed by atoms with Crippen LogP contribution in [0.1, 0.15) is 5.56 Å². The maximum atomic E-state index is 12.2. The molecule has 0 aromatic heterocycles. The number of aliphatic imine (C=N–C) groups is 1. The normalized spacial score (nSPS) is 21.6. The van der Waals surface area contributed by atoms with Gasteiger partial charge in [0.2, 0.25) is 0 Å². The van der Waals surface area contributed by atoms with Crippen molar-refractivity contribution >= 4 is 28.9 Å². The molecule has 130 valence electrons. The Hall–Kier alpha value is -2.25. The molecule has 1 aromatic carbocycles. The van der Waals surface area contributed by atoms with Gasteiger partial charge in [0.05, 0.1) is 25.2 Å². The lowest BCUT2D eigenvalue weighted by Crippen LogP contribution is -2.38. The number of carbonyl (C=O) groups is 1. The van der Waals surface area contributed by atoms with Crippen LogP contribution in [0.5, 0.6) is 11.5 Å². The molecule has 1 saturated heterocycles. The van der Waals surface area contributed by atoms with Gasteiger partial charge >= 0.3 is 0 Å². The molecular formula is C18H18N2O4S. The van der Waals surface area contributed by atoms with Gasteiger partial charge in [-0.15, -0.1) is 0 Å². The zero-order valence-electron chi connectivity index (χ0n) is 13.9. The molecular weight excluding hydrogens is 340 g/mol. The minimum absolute atomic E-state index is 0.191. The van der Waals surface area contributed by atoms with Crippen molar-refractivity contribution in [3.8, 4) is 11.5 Å². The smallest absolute Gasteiger partial charge is 0.286 e. The lowest BCUT2D eigenvalue weighted by atomic mass is 10.1. The monoisotopic (exact) mass is 358 g/mol. The van der Waals surface area contributed by atoms with Crippen LogP contribution in [0.15, 0.2) is 39.7 Å². The molecule has 0 bridgehead atoms. The van der Waals surface area contributed by atoms with Crippen LogP contribution in [0.2, 0.25) is 0 Å². The van der Waals surface area contributed by atoms with E-state index in [-0.39, 0.29) is 5.91 Å². The summed E-state index contributed by atoms with van der Waals surface area (Å²) in [7, 11) is 1.62. The molecule has 1 aromatic rings. The standard InChI is InChI=1S/C18H18N2O4S/c1-22-14-4-2-3-13-9-12(11-24-16(13)14)10-15-17(21)19-18(25-15)20-5-7-23-8-6-20/h2-4,9-10H,5-8,11H2,1H3. The van der Waals surface area contributed by atoms with Gasteiger partial charge in [-0.25, -0.2) is 0 Å². The van der Waals surface area contributed by atoms with E-state index in [9.17, 15) is 4.79 Å². The molecule has 1 amide bonds. The Bertz CT molecular complexity index is 794. The van der Waals surface area contributed by atoms with E-state index in [0.717, 1.165) is 35.1 Å². The van der Waals surface area contributed by atoms with Gasteiger partial charge in [0.15, 0.2) is 16.7 Å². The molecule has 0 atom stereocenters. The number of para-hydroxylation sites is 1. The first-order valence-corrected chi connectivity index (χ1v) is 8.92. The predicted octanol–water partition coefficient (Wildman–Crippen LogP) is 2.32. The van der Waals surface area contributed by atoms with Crippen molar-refractivity contribution in [2.75, 3.05) is 40.0 Å². The fraction of sp³-hybridized carbons (Fsp3) is 0.333. The molecule has 0 N–H and O–H groups in total. The first-order chi connectivity index (χ1) is 12.2. The molecule has 6 nitrogen and oxygen atoms in total. The lowest BCUT2D eigenvalue weighted by molar-refractivity contribution is -0.113. The van der Waals surface area contributed by atoms with E-state index < -0.39 is 0 Å². The Kier molecular flexibility index (Phi) is 4.50. The second-order valence-corrected chi connectivity index (χ2v) is 6.81. The maximum absolute atomic E-state index is 12.2. The molecule has 0 unspecified atom stereocenters. The van der Waals surface area contributed by atoms with E-state index in [1.165, 1.54) is 11.8 Å². The maximum Gasteiger partial charge on any atom is 0.286 e. The Morgan fingerprint density at radius 1 is 1.32 bits per heavy atom. The van der Waals surface area contributed by atoms with Crippen LogP contribution in [0.4, 0.5) is 0 Å². The van der Waals surface area contributed by atoms with Gasteiger partial charge in [0, 0.05) is 18.7 Å². The predicted molar refractivity (Wildman–Crippen MR) is 97.0 cm³/mol. The summed E-state index contributed by atoms with van der Waals surface area (Å²) < 4.78 is 16.5. The van der Waals surface area contributed by atoms with Crippen LogP contribution in [0.3, 0.4) is 0 Å². The summed E-state index contributed by atoms with van der Waals surface area (Å²) in [6, 6.07) is 5.76. The van der Waals surface area contributed by atoms with Crippen molar-refractivity contribution < 1.29 is 19.0 Å². The second kappa shape index (κ2) is 6.93. The van der Waals surface area contributed by atoms with Crippen LogP contribution in [0.25, 0.3) is 6.08 Å². The minimum atomic E-state index is -0.191. The van der Waals surface area contributed by atoms with Crippen molar-refractivity contribution in [2.45, 2.75) is 0 Å². The summed E-state index contributed by atoms with van der Waals surface area (Å²) in [5.74, 6) is 1.26. The number of nitrogens with zero attached hydrogens (tertiary/aromatic N) is 2. The third kappa shape index (κ3) is 3.29. The molecule has 0 aliphatic carbocycles. The first-order valence-electron chi connectivity index (χ1n) is 8.10. The van der Waals surface area contributed by atoms with Crippen LogP contribution in [-0.2, 0) is 9.53 Å². The van der Waals surface area contributed by atoms with Crippen LogP contribution < -0.4 is 9.47 Å². The zero-order valence-corrected chi connectivity index (χ0v) is 14.7. The van der Waals surface area contributed by atoms with Gasteiger partial charge in [-0.3, -0.25) is 4.79 Å². The molecule has 3 aliphatic heterocycles. The number of thioether (sulfide) groups is 1. The second-order valence-electron chi connectivity index (χ2n) is 5.80. The van der Waals surface area contributed by atoms with Crippen molar-refractivity contribution in [2.24, 2.45) is 4.99 Å². The minimum Gasteiger partial charge on any atom is -0.493 e. The average molecular weight is 358 g/mol. The molecule has 0 saturated carbocycles. The van der Waals surface area contributed by atoms with E-state index in [1.807, 2.05) is 30.4 Å². The van der Waals surface area contributed by atoms with Crippen LogP contribution >= 0.6 is 11.8 Å². The van der Waals surface area contributed by atoms with Crippen molar-refractivity contribution in [3.63, 3.8) is 0 Å². The largest absolute Gasteiger partial charge is 0.493 e. The number of methoxy groups -OCH3 is 1. The van der Waals surface area contributed by atoms with Crippen LogP contribution in [-0.4, -0.2) is 56.0 Å². The third-order valence-electron chi connectivity index (χ3n) is 4.16. The van der Waals surface area contributed by atoms with Crippen molar-refractivity contribution in [1.29, 1.82) is 0 Å². The summed E-state index contributed by atoms with van der Waals surface area (Å²) in [4.78, 5) is 19.1. The van der Waals surface area contributed by atoms with Gasteiger partial charge in [0.25, 0.3) is 5.91 Å². The van der Waals surface area contributed by atoms with E-state index >= 15 is 0 Å². The van der Waals surface area contributed by atoms with Crippen molar-refractivity contribution in [1.82, 2.24) is 4.90 Å². The number of fused-ring (bicyclic) bond motifs is 1. The van der Waals surface area contributed by atoms with Gasteiger partial charge in [0.1, 0.15) is 6.61 Å². The van der Waals surface area contributed by atoms with E-state index in [4.69, 9.17) is 14.2 Å². The quantitative estimate of drug-likeness (QED) is 0.756. The first kappa shape index (κ1) is 16.2. The Morgan fingerprint density at radius 3 is 2.96 bits per heavy atom. The number of rotatable bonds is 2. The van der Waals surface area contributed by atoms with Crippen LogP contribution in [0, 0.1) is 0 Å². The highest BCUT2D eigenvalue weighted by Gasteiger charge is 2.27. The van der Waals surface area contributed by atoms with Gasteiger partial charge < -0.3 is 19.1 Å². The fourth-order valence-corrected chi connectivity index (χ4v) is 3.88. The number of benzene rings is 1. The summed E-state index contributed by atoms with van der Waals surface area (Å²) in [6.07, 6.45) is 3.89. The Morgan fingerprint density at radius 2 is 2.16 bits per heavy atom. The molecule has 25 heavy (non-hydrogen) atoms. The van der Waals surface area contributed by atoms with Gasteiger partial charge in [-0.2, -0.15) is 4.99 Å². The number of ether oxygens (including phenoxy) is 3. The molecule has 0 spiro atoms. The molecule has 3 heterocycles. The fourth-order valence-electron chi connectivity index (χ4n) is 2.90. The summed E-state index contributed by atoms with van der Waals surface area (Å²) in [5, 5.41) is 0.763. The number of morpholine rings is 1. The highest BCUT2D eigenvalue weighted by Crippen LogP contribution is 2.37. The highest BCUT2D eigenvalue weighted by molar-refractivity contribution is 8.18. The molecule has 0 radical (unpaired) electrons. The molecule has 1 fully saturated rings. The number of amides is 1. The van der Waals surface area contributed by atoms with Crippen molar-refractivity contribution in [3.05, 3.63) is 40.3 Å². The number of hydrogen-bond acceptors (Lipinski definition) is 6. The zero-order chi connectivity index (χ0) is 17.2. The number of hydrogen-bond donors (Lipinski definition) is 0. The number of amidine groups is 1. The summed E-state index contributed by atoms with van der Waals surface area (Å²) in [6.45, 7) is 3.28. The molecule has 3 aliphatic rings. The van der Waals surface area contributed by atoms with E-state index in [0.29, 0.717) is 30.5 Å². The summed E-state index contributed by atoms with van der Waals surface area (Å²) in [5.41, 5.74) is 1.89. The topological polar surface area (TPSA) is 60.4 Å². The third-order valence-corrected chi connectivity index (χ3v) is 5.21. The molecule has 4 rings (SSSR count). The van der Waals surface area contributed by atoms with Gasteiger partial charge in [-0.05, 0) is 35.6 Å². The summed E-state index contributed by atoms with van der Waals surface area (Å²) >= 11 is 1.42. The molecule has 7 heteroatoms. The Balaban J connectivity index is 1.53. The lowest BCUT2D eigenvalue weighted by Gasteiger charge is -2.27. The SMILES string of the molecule is COc1cccc2c1OCC(C=C1SC(N3CCOCC3)=NC1=O)=C2. The Labute approximate surface area is 150 Å². The average Bonchev–Trinajstić information content (AvgIpc) is 3.02. The van der Waals surface area contributed by atoms with E-state index in [2.05, 4.69) is 9.89 Å².